The second-order valence-corrected chi connectivity index (χ2v) is 5.37. The van der Waals surface area contributed by atoms with Crippen molar-refractivity contribution in [2.75, 3.05) is 25.1 Å². The van der Waals surface area contributed by atoms with Gasteiger partial charge in [0.1, 0.15) is 13.2 Å². The van der Waals surface area contributed by atoms with Crippen molar-refractivity contribution < 1.29 is 19.1 Å². The van der Waals surface area contributed by atoms with Crippen LogP contribution in [0.2, 0.25) is 0 Å². The Morgan fingerprint density at radius 3 is 2.73 bits per heavy atom. The summed E-state index contributed by atoms with van der Waals surface area (Å²) in [5.41, 5.74) is 6.23. The fourth-order valence-electron chi connectivity index (χ4n) is 1.95. The van der Waals surface area contributed by atoms with E-state index in [0.29, 0.717) is 30.4 Å². The zero-order valence-electron chi connectivity index (χ0n) is 12.7. The van der Waals surface area contributed by atoms with Crippen LogP contribution in [0.5, 0.6) is 11.5 Å². The average molecular weight is 307 g/mol. The number of benzene rings is 1. The Balaban J connectivity index is 1.92. The first-order valence-electron chi connectivity index (χ1n) is 7.21. The highest BCUT2D eigenvalue weighted by Crippen LogP contribution is 2.37. The van der Waals surface area contributed by atoms with E-state index in [1.54, 1.807) is 18.2 Å². The number of hydrogen-bond donors (Lipinski definition) is 3. The van der Waals surface area contributed by atoms with Crippen molar-refractivity contribution in [3.63, 3.8) is 0 Å². The predicted molar refractivity (Wildman–Crippen MR) is 81.9 cm³/mol. The van der Waals surface area contributed by atoms with Gasteiger partial charge in [-0.05, 0) is 18.1 Å². The Hall–Kier alpha value is -2.28. The summed E-state index contributed by atoms with van der Waals surface area (Å²) in [6.45, 7) is 4.45. The molecule has 1 heterocycles. The van der Waals surface area contributed by atoms with Crippen LogP contribution in [-0.4, -0.2) is 37.6 Å². The van der Waals surface area contributed by atoms with Crippen LogP contribution in [0, 0.1) is 5.92 Å². The Morgan fingerprint density at radius 2 is 2.00 bits per heavy atom. The molecule has 1 aliphatic rings. The van der Waals surface area contributed by atoms with Crippen LogP contribution in [0.15, 0.2) is 18.2 Å². The van der Waals surface area contributed by atoms with Gasteiger partial charge in [-0.2, -0.15) is 0 Å². The molecule has 1 atom stereocenters. The molecule has 2 rings (SSSR count). The van der Waals surface area contributed by atoms with Gasteiger partial charge in [-0.25, -0.2) is 0 Å². The molecule has 7 heteroatoms. The summed E-state index contributed by atoms with van der Waals surface area (Å²) >= 11 is 0. The van der Waals surface area contributed by atoms with Crippen LogP contribution < -0.4 is 25.8 Å². The van der Waals surface area contributed by atoms with E-state index in [2.05, 4.69) is 10.6 Å². The number of ether oxygens (including phenoxy) is 2. The minimum atomic E-state index is -0.631. The highest BCUT2D eigenvalue weighted by molar-refractivity contribution is 5.96. The number of amides is 2. The average Bonchev–Trinajstić information content (AvgIpc) is 2.52. The Bertz CT molecular complexity index is 560. The minimum Gasteiger partial charge on any atom is -0.486 e. The number of hydrogen-bond acceptors (Lipinski definition) is 5. The molecule has 7 nitrogen and oxygen atoms in total. The molecule has 0 unspecified atom stereocenters. The van der Waals surface area contributed by atoms with Crippen molar-refractivity contribution in [2.24, 2.45) is 11.7 Å². The quantitative estimate of drug-likeness (QED) is 0.735. The van der Waals surface area contributed by atoms with E-state index in [-0.39, 0.29) is 24.3 Å². The van der Waals surface area contributed by atoms with Crippen LogP contribution in [-0.2, 0) is 9.59 Å². The van der Waals surface area contributed by atoms with E-state index in [9.17, 15) is 9.59 Å². The normalized spacial score (nSPS) is 14.4. The molecule has 0 fully saturated rings. The number of carbonyl (C=O) groups excluding carboxylic acids is 2. The third-order valence-corrected chi connectivity index (χ3v) is 3.28. The lowest BCUT2D eigenvalue weighted by atomic mass is 10.1. The maximum absolute atomic E-state index is 11.9. The second-order valence-electron chi connectivity index (χ2n) is 5.37. The van der Waals surface area contributed by atoms with Crippen LogP contribution in [0.4, 0.5) is 5.69 Å². The number of nitrogens with one attached hydrogen (secondary N) is 2. The summed E-state index contributed by atoms with van der Waals surface area (Å²) in [6.07, 6.45) is 0. The number of anilines is 1. The van der Waals surface area contributed by atoms with Crippen molar-refractivity contribution in [1.29, 1.82) is 0 Å². The molecule has 0 spiro atoms. The standard InChI is InChI=1S/C15H21N3O4/c1-9(2)13(16)15(20)17-8-12(19)18-10-4-3-5-11-14(10)22-7-6-21-11/h3-5,9,13H,6-8,16H2,1-2H3,(H,17,20)(H,18,19)/t13-/m0/s1. The maximum Gasteiger partial charge on any atom is 0.243 e. The Labute approximate surface area is 129 Å². The van der Waals surface area contributed by atoms with E-state index in [1.165, 1.54) is 0 Å². The zero-order chi connectivity index (χ0) is 16.1. The van der Waals surface area contributed by atoms with Gasteiger partial charge < -0.3 is 25.8 Å². The van der Waals surface area contributed by atoms with Crippen LogP contribution >= 0.6 is 0 Å². The van der Waals surface area contributed by atoms with E-state index >= 15 is 0 Å². The van der Waals surface area contributed by atoms with E-state index in [4.69, 9.17) is 15.2 Å². The second kappa shape index (κ2) is 7.13. The van der Waals surface area contributed by atoms with E-state index < -0.39 is 6.04 Å². The fraction of sp³-hybridized carbons (Fsp3) is 0.467. The molecule has 0 radical (unpaired) electrons. The van der Waals surface area contributed by atoms with Crippen molar-refractivity contribution in [2.45, 2.75) is 19.9 Å². The number of nitrogens with two attached hydrogens (primary N) is 1. The summed E-state index contributed by atoms with van der Waals surface area (Å²) in [5.74, 6) is 0.406. The highest BCUT2D eigenvalue weighted by atomic mass is 16.6. The molecule has 0 saturated heterocycles. The van der Waals surface area contributed by atoms with Gasteiger partial charge in [0.25, 0.3) is 0 Å². The number of fused-ring (bicyclic) bond motifs is 1. The van der Waals surface area contributed by atoms with E-state index in [1.807, 2.05) is 13.8 Å². The molecule has 120 valence electrons. The molecular weight excluding hydrogens is 286 g/mol. The molecular formula is C15H21N3O4. The number of rotatable bonds is 5. The summed E-state index contributed by atoms with van der Waals surface area (Å²) in [6, 6.07) is 4.62. The highest BCUT2D eigenvalue weighted by Gasteiger charge is 2.19. The fourth-order valence-corrected chi connectivity index (χ4v) is 1.95. The van der Waals surface area contributed by atoms with Crippen molar-refractivity contribution in [1.82, 2.24) is 5.32 Å². The zero-order valence-corrected chi connectivity index (χ0v) is 12.7. The van der Waals surface area contributed by atoms with Crippen LogP contribution in [0.3, 0.4) is 0 Å². The van der Waals surface area contributed by atoms with Crippen LogP contribution in [0.25, 0.3) is 0 Å². The van der Waals surface area contributed by atoms with Gasteiger partial charge in [-0.15, -0.1) is 0 Å². The molecule has 0 saturated carbocycles. The molecule has 2 amide bonds. The molecule has 1 aromatic carbocycles. The molecule has 22 heavy (non-hydrogen) atoms. The van der Waals surface area contributed by atoms with Gasteiger partial charge in [-0.3, -0.25) is 9.59 Å². The van der Waals surface area contributed by atoms with Gasteiger partial charge in [0.2, 0.25) is 11.8 Å². The first-order valence-corrected chi connectivity index (χ1v) is 7.21. The van der Waals surface area contributed by atoms with Gasteiger partial charge in [0.05, 0.1) is 18.3 Å². The lowest BCUT2D eigenvalue weighted by Crippen LogP contribution is -2.46. The third kappa shape index (κ3) is 3.88. The lowest BCUT2D eigenvalue weighted by molar-refractivity contribution is -0.125. The van der Waals surface area contributed by atoms with Gasteiger partial charge in [0, 0.05) is 0 Å². The minimum absolute atomic E-state index is 0.00903. The smallest absolute Gasteiger partial charge is 0.243 e. The Morgan fingerprint density at radius 1 is 1.27 bits per heavy atom. The molecule has 0 aliphatic carbocycles. The molecule has 1 aliphatic heterocycles. The summed E-state index contributed by atoms with van der Waals surface area (Å²) in [4.78, 5) is 23.6. The van der Waals surface area contributed by atoms with Crippen LogP contribution in [0.1, 0.15) is 13.8 Å². The topological polar surface area (TPSA) is 103 Å². The first-order chi connectivity index (χ1) is 10.5. The molecule has 4 N–H and O–H groups in total. The van der Waals surface area contributed by atoms with E-state index in [0.717, 1.165) is 0 Å². The molecule has 0 bridgehead atoms. The van der Waals surface area contributed by atoms with Gasteiger partial charge in [0.15, 0.2) is 11.5 Å². The predicted octanol–water partition coefficient (Wildman–Crippen LogP) is 0.496. The first kappa shape index (κ1) is 16.1. The Kier molecular flexibility index (Phi) is 5.21. The monoisotopic (exact) mass is 307 g/mol. The third-order valence-electron chi connectivity index (χ3n) is 3.28. The maximum atomic E-state index is 11.9. The van der Waals surface area contributed by atoms with Gasteiger partial charge >= 0.3 is 0 Å². The van der Waals surface area contributed by atoms with Crippen molar-refractivity contribution in [3.05, 3.63) is 18.2 Å². The number of carbonyl (C=O) groups is 2. The van der Waals surface area contributed by atoms with Crippen molar-refractivity contribution in [3.8, 4) is 11.5 Å². The lowest BCUT2D eigenvalue weighted by Gasteiger charge is -2.21. The SMILES string of the molecule is CC(C)[C@H](N)C(=O)NCC(=O)Nc1cccc2c1OCCO2. The molecule has 0 aromatic heterocycles. The largest absolute Gasteiger partial charge is 0.486 e. The van der Waals surface area contributed by atoms with Gasteiger partial charge in [-0.1, -0.05) is 19.9 Å². The summed E-state index contributed by atoms with van der Waals surface area (Å²) in [5, 5.41) is 5.21. The summed E-state index contributed by atoms with van der Waals surface area (Å²) < 4.78 is 10.9. The van der Waals surface area contributed by atoms with Crippen molar-refractivity contribution >= 4 is 17.5 Å². The summed E-state index contributed by atoms with van der Waals surface area (Å²) in [7, 11) is 0. The number of para-hydroxylation sites is 1. The molecule has 1 aromatic rings.